The van der Waals surface area contributed by atoms with Crippen LogP contribution in [0.15, 0.2) is 47.8 Å². The lowest BCUT2D eigenvalue weighted by Gasteiger charge is -2.28. The molecule has 2 aliphatic rings. The summed E-state index contributed by atoms with van der Waals surface area (Å²) in [7, 11) is 0. The molecule has 0 spiro atoms. The molecule has 4 rings (SSSR count). The smallest absolute Gasteiger partial charge is 0.0832 e. The van der Waals surface area contributed by atoms with Gasteiger partial charge < -0.3 is 0 Å². The highest BCUT2D eigenvalue weighted by Crippen LogP contribution is 2.50. The van der Waals surface area contributed by atoms with Gasteiger partial charge in [0, 0.05) is 4.88 Å². The van der Waals surface area contributed by atoms with Gasteiger partial charge >= 0.3 is 0 Å². The molecule has 92 valence electrons. The fourth-order valence-electron chi connectivity index (χ4n) is 3.11. The van der Waals surface area contributed by atoms with Gasteiger partial charge in [-0.1, -0.05) is 36.4 Å². The predicted octanol–water partition coefficient (Wildman–Crippen LogP) is 3.94. The van der Waals surface area contributed by atoms with Crippen LogP contribution >= 0.6 is 11.3 Å². The number of piperidine rings is 1. The second kappa shape index (κ2) is 4.19. The first-order valence-electron chi connectivity index (χ1n) is 6.45. The van der Waals surface area contributed by atoms with Crippen LogP contribution in [0.1, 0.15) is 35.4 Å². The Balaban J connectivity index is 1.65. The predicted molar refractivity (Wildman–Crippen MR) is 72.2 cm³/mol. The largest absolute Gasteiger partial charge is 0.294 e. The number of hydrogen-bond acceptors (Lipinski definition) is 3. The Morgan fingerprint density at radius 2 is 1.83 bits per heavy atom. The first kappa shape index (κ1) is 10.7. The minimum Gasteiger partial charge on any atom is -0.294 e. The Kier molecular flexibility index (Phi) is 2.50. The van der Waals surface area contributed by atoms with Gasteiger partial charge in [-0.15, -0.1) is 11.3 Å². The van der Waals surface area contributed by atoms with E-state index in [-0.39, 0.29) is 0 Å². The Bertz CT molecular complexity index is 525. The summed E-state index contributed by atoms with van der Waals surface area (Å²) in [6.45, 7) is 0. The Morgan fingerprint density at radius 3 is 2.56 bits per heavy atom. The van der Waals surface area contributed by atoms with Gasteiger partial charge in [0.1, 0.15) is 0 Å². The average Bonchev–Trinajstić information content (AvgIpc) is 3.15. The highest BCUT2D eigenvalue weighted by molar-refractivity contribution is 7.10. The summed E-state index contributed by atoms with van der Waals surface area (Å²) >= 11 is 1.84. The van der Waals surface area contributed by atoms with Crippen molar-refractivity contribution in [2.24, 2.45) is 0 Å². The maximum atomic E-state index is 6.02. The van der Waals surface area contributed by atoms with Crippen molar-refractivity contribution in [2.75, 3.05) is 0 Å². The molecule has 2 aliphatic heterocycles. The lowest BCUT2D eigenvalue weighted by molar-refractivity contribution is -0.135. The zero-order valence-electron chi connectivity index (χ0n) is 10.0. The van der Waals surface area contributed by atoms with Crippen molar-refractivity contribution in [3.63, 3.8) is 0 Å². The van der Waals surface area contributed by atoms with E-state index in [1.54, 1.807) is 0 Å². The maximum absolute atomic E-state index is 6.02. The van der Waals surface area contributed by atoms with Crippen LogP contribution < -0.4 is 0 Å². The lowest BCUT2D eigenvalue weighted by atomic mass is 9.92. The first-order chi connectivity index (χ1) is 8.92. The van der Waals surface area contributed by atoms with Crippen LogP contribution in [0.5, 0.6) is 0 Å². The van der Waals surface area contributed by atoms with Crippen LogP contribution in [0.4, 0.5) is 0 Å². The molecule has 2 bridgehead atoms. The van der Waals surface area contributed by atoms with Gasteiger partial charge in [0.05, 0.1) is 18.2 Å². The molecule has 0 radical (unpaired) electrons. The van der Waals surface area contributed by atoms with Crippen molar-refractivity contribution in [1.29, 1.82) is 0 Å². The quantitative estimate of drug-likeness (QED) is 0.808. The van der Waals surface area contributed by atoms with Crippen LogP contribution in [-0.2, 0) is 4.84 Å². The Morgan fingerprint density at radius 1 is 1.00 bits per heavy atom. The zero-order valence-corrected chi connectivity index (χ0v) is 10.8. The van der Waals surface area contributed by atoms with Gasteiger partial charge in [0.15, 0.2) is 0 Å². The van der Waals surface area contributed by atoms with Gasteiger partial charge in [-0.3, -0.25) is 4.84 Å². The number of benzene rings is 1. The van der Waals surface area contributed by atoms with E-state index in [2.05, 4.69) is 52.9 Å². The standard InChI is InChI=1S/C15H15NOS/c1-2-5-11(6-3-1)13-9-12-10-14(16(13)17-12)15-7-4-8-18-15/h1-8,12-14H,9-10H2. The van der Waals surface area contributed by atoms with Crippen LogP contribution in [0.25, 0.3) is 0 Å². The van der Waals surface area contributed by atoms with Gasteiger partial charge in [-0.05, 0) is 29.9 Å². The Hall–Kier alpha value is -1.16. The summed E-state index contributed by atoms with van der Waals surface area (Å²) in [6, 6.07) is 16.0. The molecular weight excluding hydrogens is 242 g/mol. The number of nitrogens with zero attached hydrogens (tertiary/aromatic N) is 1. The molecule has 2 saturated heterocycles. The summed E-state index contributed by atoms with van der Waals surface area (Å²) in [4.78, 5) is 7.44. The number of hydroxylamine groups is 2. The summed E-state index contributed by atoms with van der Waals surface area (Å²) in [5.74, 6) is 0. The van der Waals surface area contributed by atoms with Crippen LogP contribution in [0.2, 0.25) is 0 Å². The monoisotopic (exact) mass is 257 g/mol. The van der Waals surface area contributed by atoms with Crippen molar-refractivity contribution in [1.82, 2.24) is 5.06 Å². The second-order valence-electron chi connectivity index (χ2n) is 5.02. The number of hydrogen-bond donors (Lipinski definition) is 0. The maximum Gasteiger partial charge on any atom is 0.0832 e. The molecule has 2 fully saturated rings. The molecule has 2 nitrogen and oxygen atoms in total. The third-order valence-corrected chi connectivity index (χ3v) is 4.89. The highest BCUT2D eigenvalue weighted by atomic mass is 32.1. The molecule has 18 heavy (non-hydrogen) atoms. The average molecular weight is 257 g/mol. The zero-order chi connectivity index (χ0) is 11.9. The number of thiophene rings is 1. The van der Waals surface area contributed by atoms with E-state index in [1.807, 2.05) is 11.3 Å². The first-order valence-corrected chi connectivity index (χ1v) is 7.33. The van der Waals surface area contributed by atoms with E-state index < -0.39 is 0 Å². The van der Waals surface area contributed by atoms with Crippen LogP contribution in [0, 0.1) is 0 Å². The molecule has 2 aromatic rings. The highest BCUT2D eigenvalue weighted by Gasteiger charge is 2.47. The van der Waals surface area contributed by atoms with Gasteiger partial charge in [0.2, 0.25) is 0 Å². The van der Waals surface area contributed by atoms with Gasteiger partial charge in [-0.2, -0.15) is 5.06 Å². The topological polar surface area (TPSA) is 12.5 Å². The van der Waals surface area contributed by atoms with Gasteiger partial charge in [0.25, 0.3) is 0 Å². The molecule has 1 aromatic heterocycles. The number of fused-ring (bicyclic) bond motifs is 2. The lowest BCUT2D eigenvalue weighted by Crippen LogP contribution is -2.25. The van der Waals surface area contributed by atoms with E-state index >= 15 is 0 Å². The molecule has 0 amide bonds. The fourth-order valence-corrected chi connectivity index (χ4v) is 3.93. The molecule has 3 heteroatoms. The van der Waals surface area contributed by atoms with Crippen molar-refractivity contribution >= 4 is 11.3 Å². The van der Waals surface area contributed by atoms with E-state index in [0.717, 1.165) is 12.8 Å². The normalized spacial score (nSPS) is 34.0. The van der Waals surface area contributed by atoms with Crippen molar-refractivity contribution < 1.29 is 4.84 Å². The molecule has 3 heterocycles. The fraction of sp³-hybridized carbons (Fsp3) is 0.333. The molecule has 1 aromatic carbocycles. The molecule has 4 unspecified atom stereocenters. The van der Waals surface area contributed by atoms with Crippen LogP contribution in [-0.4, -0.2) is 11.2 Å². The third kappa shape index (κ3) is 1.62. The SMILES string of the molecule is c1ccc(C2CC3CC(c4cccs4)N2O3)cc1. The van der Waals surface area contributed by atoms with Crippen molar-refractivity contribution in [3.05, 3.63) is 58.3 Å². The molecule has 0 saturated carbocycles. The Labute approximate surface area is 111 Å². The molecule has 0 aliphatic carbocycles. The summed E-state index contributed by atoms with van der Waals surface area (Å²) in [5.41, 5.74) is 1.38. The van der Waals surface area contributed by atoms with E-state index in [0.29, 0.717) is 18.2 Å². The van der Waals surface area contributed by atoms with Crippen molar-refractivity contribution in [3.8, 4) is 0 Å². The summed E-state index contributed by atoms with van der Waals surface area (Å²) in [5, 5.41) is 4.38. The van der Waals surface area contributed by atoms with Gasteiger partial charge in [-0.25, -0.2) is 0 Å². The third-order valence-electron chi connectivity index (χ3n) is 3.91. The molecule has 0 N–H and O–H groups in total. The van der Waals surface area contributed by atoms with E-state index in [4.69, 9.17) is 4.84 Å². The summed E-state index contributed by atoms with van der Waals surface area (Å²) in [6.07, 6.45) is 2.68. The summed E-state index contributed by atoms with van der Waals surface area (Å²) < 4.78 is 0. The van der Waals surface area contributed by atoms with E-state index in [9.17, 15) is 0 Å². The van der Waals surface area contributed by atoms with Crippen molar-refractivity contribution in [2.45, 2.75) is 31.0 Å². The molecular formula is C15H15NOS. The van der Waals surface area contributed by atoms with Crippen LogP contribution in [0.3, 0.4) is 0 Å². The molecule has 4 atom stereocenters. The second-order valence-corrected chi connectivity index (χ2v) is 6.00. The minimum atomic E-state index is 0.405. The van der Waals surface area contributed by atoms with E-state index in [1.165, 1.54) is 10.4 Å². The number of rotatable bonds is 2. The minimum absolute atomic E-state index is 0.405.